The zero-order valence-corrected chi connectivity index (χ0v) is 15.6. The number of rotatable bonds is 7. The first-order valence-corrected chi connectivity index (χ1v) is 9.37. The lowest BCUT2D eigenvalue weighted by atomic mass is 9.85. The Hall–Kier alpha value is -2.34. The predicted molar refractivity (Wildman–Crippen MR) is 102 cm³/mol. The Morgan fingerprint density at radius 3 is 2.54 bits per heavy atom. The van der Waals surface area contributed by atoms with Gasteiger partial charge in [0.05, 0.1) is 7.11 Å². The number of nitrogens with one attached hydrogen (secondary N) is 1. The number of carbonyl (C=O) groups is 1. The minimum atomic E-state index is -0.161. The van der Waals surface area contributed by atoms with Crippen LogP contribution in [0.1, 0.15) is 38.2 Å². The molecular formula is C20H29N4O2+. The van der Waals surface area contributed by atoms with E-state index in [1.807, 2.05) is 18.3 Å². The first-order valence-electron chi connectivity index (χ1n) is 9.37. The van der Waals surface area contributed by atoms with Crippen molar-refractivity contribution >= 4 is 12.1 Å². The van der Waals surface area contributed by atoms with Crippen molar-refractivity contribution in [3.8, 4) is 5.75 Å². The van der Waals surface area contributed by atoms with Crippen LogP contribution in [-0.2, 0) is 11.3 Å². The number of quaternary nitrogens is 1. The molecule has 1 fully saturated rings. The maximum atomic E-state index is 11.3. The van der Waals surface area contributed by atoms with Crippen LogP contribution in [0.25, 0.3) is 0 Å². The lowest BCUT2D eigenvalue weighted by Crippen LogP contribution is -2.37. The number of hydrogen-bond acceptors (Lipinski definition) is 4. The highest BCUT2D eigenvalue weighted by Gasteiger charge is 2.31. The summed E-state index contributed by atoms with van der Waals surface area (Å²) in [5.41, 5.74) is 7.72. The molecule has 0 radical (unpaired) electrons. The zero-order chi connectivity index (χ0) is 18.6. The summed E-state index contributed by atoms with van der Waals surface area (Å²) in [7, 11) is 1.68. The van der Waals surface area contributed by atoms with Gasteiger partial charge in [0, 0.05) is 17.5 Å². The largest absolute Gasteiger partial charge is 0.497 e. The summed E-state index contributed by atoms with van der Waals surface area (Å²) < 4.78 is 5.79. The van der Waals surface area contributed by atoms with E-state index in [9.17, 15) is 4.79 Å². The highest BCUT2D eigenvalue weighted by Crippen LogP contribution is 2.27. The fraction of sp³-hybridized carbons (Fsp3) is 0.500. The van der Waals surface area contributed by atoms with E-state index in [4.69, 9.17) is 15.6 Å². The summed E-state index contributed by atoms with van der Waals surface area (Å²) in [6.45, 7) is 3.86. The van der Waals surface area contributed by atoms with E-state index >= 15 is 0 Å². The van der Waals surface area contributed by atoms with Gasteiger partial charge in [-0.05, 0) is 56.9 Å². The minimum Gasteiger partial charge on any atom is -0.497 e. The molecule has 6 heteroatoms. The van der Waals surface area contributed by atoms with Crippen molar-refractivity contribution in [1.82, 2.24) is 5.32 Å². The van der Waals surface area contributed by atoms with E-state index in [0.29, 0.717) is 10.6 Å². The van der Waals surface area contributed by atoms with Gasteiger partial charge in [0.2, 0.25) is 5.91 Å². The molecule has 2 aliphatic rings. The zero-order valence-electron chi connectivity index (χ0n) is 15.6. The van der Waals surface area contributed by atoms with Gasteiger partial charge in [-0.3, -0.25) is 4.79 Å². The molecule has 3 rings (SSSR count). The van der Waals surface area contributed by atoms with Gasteiger partial charge in [-0.2, -0.15) is 4.59 Å². The molecule has 0 bridgehead atoms. The first-order chi connectivity index (χ1) is 12.5. The molecule has 26 heavy (non-hydrogen) atoms. The maximum absolute atomic E-state index is 11.3. The van der Waals surface area contributed by atoms with Crippen LogP contribution in [0.5, 0.6) is 5.75 Å². The molecule has 1 aliphatic carbocycles. The molecule has 1 aliphatic heterocycles. The van der Waals surface area contributed by atoms with Crippen molar-refractivity contribution in [2.75, 3.05) is 13.7 Å². The second kappa shape index (κ2) is 7.91. The fourth-order valence-electron chi connectivity index (χ4n) is 3.75. The molecule has 1 saturated carbocycles. The first kappa shape index (κ1) is 18.5. The predicted octanol–water partition coefficient (Wildman–Crippen LogP) is 2.51. The Balaban J connectivity index is 1.61. The van der Waals surface area contributed by atoms with Gasteiger partial charge in [-0.25, -0.2) is 0 Å². The van der Waals surface area contributed by atoms with Gasteiger partial charge in [0.15, 0.2) is 0 Å². The van der Waals surface area contributed by atoms with Crippen molar-refractivity contribution in [2.24, 2.45) is 16.8 Å². The normalized spacial score (nSPS) is 27.8. The second-order valence-corrected chi connectivity index (χ2v) is 7.23. The Morgan fingerprint density at radius 1 is 1.27 bits per heavy atom. The van der Waals surface area contributed by atoms with Gasteiger partial charge >= 0.3 is 0 Å². The van der Waals surface area contributed by atoms with E-state index in [-0.39, 0.29) is 11.8 Å². The number of nitrogens with zero attached hydrogens (tertiary/aromatic N) is 2. The lowest BCUT2D eigenvalue weighted by Gasteiger charge is -2.28. The maximum Gasteiger partial charge on any atom is 0.220 e. The minimum absolute atomic E-state index is 0.0415. The Morgan fingerprint density at radius 2 is 1.96 bits per heavy atom. The van der Waals surface area contributed by atoms with Crippen molar-refractivity contribution in [1.29, 1.82) is 0 Å². The van der Waals surface area contributed by atoms with Crippen LogP contribution < -0.4 is 15.8 Å². The van der Waals surface area contributed by atoms with Crippen LogP contribution in [-0.4, -0.2) is 36.4 Å². The second-order valence-electron chi connectivity index (χ2n) is 7.23. The van der Waals surface area contributed by atoms with Gasteiger partial charge in [-0.15, -0.1) is 0 Å². The van der Waals surface area contributed by atoms with Gasteiger partial charge in [0.1, 0.15) is 37.0 Å². The number of allylic oxidation sites excluding steroid dienone is 1. The van der Waals surface area contributed by atoms with Crippen molar-refractivity contribution in [3.63, 3.8) is 0 Å². The van der Waals surface area contributed by atoms with Crippen molar-refractivity contribution in [2.45, 2.75) is 45.2 Å². The summed E-state index contributed by atoms with van der Waals surface area (Å²) in [5.74, 6) is 0.747. The summed E-state index contributed by atoms with van der Waals surface area (Å²) in [6, 6.07) is 8.55. The van der Waals surface area contributed by atoms with Crippen LogP contribution in [0.3, 0.4) is 0 Å². The van der Waals surface area contributed by atoms with Crippen LogP contribution >= 0.6 is 0 Å². The molecule has 1 amide bonds. The van der Waals surface area contributed by atoms with Crippen LogP contribution in [0.2, 0.25) is 0 Å². The molecule has 0 aromatic heterocycles. The molecule has 1 heterocycles. The van der Waals surface area contributed by atoms with E-state index in [2.05, 4.69) is 30.6 Å². The molecular weight excluding hydrogens is 328 g/mol. The topological polar surface area (TPSA) is 76.7 Å². The number of amides is 1. The number of carbonyl (C=O) groups excluding carboxylic acids is 1. The van der Waals surface area contributed by atoms with Crippen LogP contribution in [0, 0.1) is 5.92 Å². The van der Waals surface area contributed by atoms with E-state index < -0.39 is 0 Å². The standard InChI is InChI=1S/C20H28N4O2/c1-3-24(13-15-4-10-19(26-2)11-5-15)14-18(12-22-24)23-17-8-6-16(7-9-17)20(21)25/h4-5,10-12,14,16-17,23H,3,6-9,13H2,1-2H3,(H-,21,25)/p+1. The van der Waals surface area contributed by atoms with Crippen LogP contribution in [0.15, 0.2) is 41.3 Å². The highest BCUT2D eigenvalue weighted by atomic mass is 16.5. The molecule has 1 unspecified atom stereocenters. The fourth-order valence-corrected chi connectivity index (χ4v) is 3.75. The average Bonchev–Trinajstić information content (AvgIpc) is 3.06. The third-order valence-corrected chi connectivity index (χ3v) is 5.47. The molecule has 1 atom stereocenters. The number of benzene rings is 1. The SMILES string of the molecule is CC[N+]1(Cc2ccc(OC)cc2)C=C(NC2CCC(C(N)=O)CC2)C=N1. The Labute approximate surface area is 155 Å². The monoisotopic (exact) mass is 357 g/mol. The summed E-state index contributed by atoms with van der Waals surface area (Å²) in [4.78, 5) is 11.3. The molecule has 1 aromatic rings. The quantitative estimate of drug-likeness (QED) is 0.736. The molecule has 3 N–H and O–H groups in total. The average molecular weight is 357 g/mol. The molecule has 6 nitrogen and oxygen atoms in total. The Bertz CT molecular complexity index is 690. The van der Waals surface area contributed by atoms with Crippen molar-refractivity contribution in [3.05, 3.63) is 41.7 Å². The molecule has 140 valence electrons. The smallest absolute Gasteiger partial charge is 0.220 e. The number of ether oxygens (including phenoxy) is 1. The van der Waals surface area contributed by atoms with Gasteiger partial charge in [0.25, 0.3) is 0 Å². The summed E-state index contributed by atoms with van der Waals surface area (Å²) in [6.07, 6.45) is 7.83. The van der Waals surface area contributed by atoms with E-state index in [0.717, 1.165) is 50.2 Å². The van der Waals surface area contributed by atoms with E-state index in [1.54, 1.807) is 7.11 Å². The molecule has 0 saturated heterocycles. The van der Waals surface area contributed by atoms with Crippen molar-refractivity contribution < 1.29 is 14.1 Å². The van der Waals surface area contributed by atoms with Gasteiger partial charge < -0.3 is 15.8 Å². The highest BCUT2D eigenvalue weighted by molar-refractivity contribution is 5.78. The summed E-state index contributed by atoms with van der Waals surface area (Å²) >= 11 is 0. The van der Waals surface area contributed by atoms with E-state index in [1.165, 1.54) is 5.56 Å². The third-order valence-electron chi connectivity index (χ3n) is 5.47. The lowest BCUT2D eigenvalue weighted by molar-refractivity contribution is -0.895. The van der Waals surface area contributed by atoms with Gasteiger partial charge in [-0.1, -0.05) is 5.10 Å². The van der Waals surface area contributed by atoms with Crippen LogP contribution in [0.4, 0.5) is 0 Å². The third kappa shape index (κ3) is 4.25. The Kier molecular flexibility index (Phi) is 5.61. The molecule has 1 aromatic carbocycles. The molecule has 0 spiro atoms. The number of nitrogens with two attached hydrogens (primary N) is 1. The summed E-state index contributed by atoms with van der Waals surface area (Å²) in [5, 5.41) is 8.36. The number of primary amides is 1. The number of hydrogen-bond donors (Lipinski definition) is 2. The number of methoxy groups -OCH3 is 1.